The van der Waals surface area contributed by atoms with Crippen LogP contribution in [0.1, 0.15) is 6.92 Å². The molecule has 0 aromatic heterocycles. The van der Waals surface area contributed by atoms with Crippen LogP contribution in [0.2, 0.25) is 0 Å². The fourth-order valence-corrected chi connectivity index (χ4v) is 8.12. The van der Waals surface area contributed by atoms with Gasteiger partial charge in [0.2, 0.25) is 0 Å². The average molecular weight is 496 g/mol. The Morgan fingerprint density at radius 3 is 1.84 bits per heavy atom. The van der Waals surface area contributed by atoms with Crippen LogP contribution in [0, 0.1) is 6.57 Å². The summed E-state index contributed by atoms with van der Waals surface area (Å²) < 4.78 is 5.58. The first-order chi connectivity index (χ1) is 14.7. The smallest absolute Gasteiger partial charge is 0.338 e. The van der Waals surface area contributed by atoms with Crippen molar-refractivity contribution in [3.8, 4) is 11.5 Å². The van der Waals surface area contributed by atoms with E-state index in [2.05, 4.69) is 4.85 Å². The molecule has 13 heteroatoms. The molecule has 1 fully saturated rings. The number of carbonyl (C=O) groups is 3. The van der Waals surface area contributed by atoms with E-state index < -0.39 is 17.8 Å². The molecule has 0 spiro atoms. The number of phenolic OH excluding ortho intramolecular Hbond substituents is 2. The highest BCUT2D eigenvalue weighted by atomic mass is 32.2. The lowest BCUT2D eigenvalue weighted by Gasteiger charge is -2.16. The Labute approximate surface area is 193 Å². The second-order valence-corrected chi connectivity index (χ2v) is 10.8. The van der Waals surface area contributed by atoms with Gasteiger partial charge in [0.05, 0.1) is 41.2 Å². The van der Waals surface area contributed by atoms with E-state index in [4.69, 9.17) is 11.3 Å². The summed E-state index contributed by atoms with van der Waals surface area (Å²) in [5.74, 6) is -1.99. The third-order valence-corrected chi connectivity index (χ3v) is 9.70. The number of carbonyl (C=O) groups excluding carboxylic acids is 3. The number of fused-ring (bicyclic) bond motifs is 2. The molecular weight excluding hydrogens is 482 g/mol. The maximum Gasteiger partial charge on any atom is 0.338 e. The van der Waals surface area contributed by atoms with Gasteiger partial charge in [-0.25, -0.2) is 4.85 Å². The number of hydrogen-bond acceptors (Lipinski definition) is 10. The van der Waals surface area contributed by atoms with Crippen LogP contribution < -0.4 is 0 Å². The van der Waals surface area contributed by atoms with Crippen LogP contribution in [0.5, 0.6) is 11.5 Å². The van der Waals surface area contributed by atoms with Crippen LogP contribution in [0.15, 0.2) is 39.3 Å². The van der Waals surface area contributed by atoms with Gasteiger partial charge in [-0.3, -0.25) is 24.4 Å². The van der Waals surface area contributed by atoms with Gasteiger partial charge >= 0.3 is 5.97 Å². The average Bonchev–Trinajstić information content (AvgIpc) is 3.41. The van der Waals surface area contributed by atoms with Gasteiger partial charge < -0.3 is 14.9 Å². The minimum atomic E-state index is -0.769. The molecule has 4 rings (SSSR count). The molecule has 1 saturated heterocycles. The van der Waals surface area contributed by atoms with Crippen molar-refractivity contribution in [3.05, 3.63) is 31.2 Å². The predicted molar refractivity (Wildman–Crippen MR) is 116 cm³/mol. The molecule has 1 aromatic rings. The number of thioether (sulfide) groups is 4. The van der Waals surface area contributed by atoms with Crippen LogP contribution in [0.3, 0.4) is 0 Å². The molecule has 3 aliphatic heterocycles. The fourth-order valence-electron chi connectivity index (χ4n) is 2.86. The molecule has 0 atom stereocenters. The lowest BCUT2D eigenvalue weighted by Crippen LogP contribution is -2.33. The number of benzene rings is 1. The molecule has 160 valence electrons. The van der Waals surface area contributed by atoms with E-state index >= 15 is 0 Å². The summed E-state index contributed by atoms with van der Waals surface area (Å²) in [6, 6.07) is 0. The molecule has 3 heterocycles. The van der Waals surface area contributed by atoms with E-state index in [1.807, 2.05) is 0 Å². The first-order valence-electron chi connectivity index (χ1n) is 8.63. The molecule has 0 radical (unpaired) electrons. The molecule has 0 aliphatic carbocycles. The molecule has 1 aromatic carbocycles. The topological polar surface area (TPSA) is 112 Å². The molecule has 3 aliphatic rings. The third-order valence-electron chi connectivity index (χ3n) is 4.50. The SMILES string of the molecule is [C-]#[N+]C(C(=O)OCC)=C1Sc2c(O)c3c(c(O)c2S1)SC(=C1C(=O)N(C)N(C)C1=O)S3. The maximum absolute atomic E-state index is 12.5. The van der Waals surface area contributed by atoms with Gasteiger partial charge in [-0.2, -0.15) is 0 Å². The minimum absolute atomic E-state index is 0.0198. The number of amides is 2. The molecule has 0 bridgehead atoms. The molecule has 0 unspecified atom stereocenters. The van der Waals surface area contributed by atoms with Crippen LogP contribution in [-0.4, -0.2) is 58.7 Å². The Morgan fingerprint density at radius 2 is 1.42 bits per heavy atom. The number of hydrogen-bond donors (Lipinski definition) is 2. The van der Waals surface area contributed by atoms with Crippen molar-refractivity contribution in [3.63, 3.8) is 0 Å². The van der Waals surface area contributed by atoms with Crippen LogP contribution in [0.4, 0.5) is 0 Å². The van der Waals surface area contributed by atoms with Crippen molar-refractivity contribution >= 4 is 64.8 Å². The molecular formula is C18H13N3O6S4. The van der Waals surface area contributed by atoms with E-state index in [1.165, 1.54) is 24.1 Å². The first-order valence-corrected chi connectivity index (χ1v) is 11.9. The predicted octanol–water partition coefficient (Wildman–Crippen LogP) is 3.20. The van der Waals surface area contributed by atoms with Gasteiger partial charge in [0.1, 0.15) is 17.1 Å². The van der Waals surface area contributed by atoms with Gasteiger partial charge in [0, 0.05) is 14.1 Å². The van der Waals surface area contributed by atoms with Crippen molar-refractivity contribution in [1.82, 2.24) is 10.0 Å². The zero-order valence-corrected chi connectivity index (χ0v) is 19.5. The number of likely N-dealkylation sites (N-methyl/N-ethyl adjacent to an activating group) is 2. The maximum atomic E-state index is 12.5. The highest BCUT2D eigenvalue weighted by Gasteiger charge is 2.43. The number of rotatable bonds is 2. The molecule has 2 amide bonds. The van der Waals surface area contributed by atoms with Gasteiger partial charge in [-0.15, -0.1) is 0 Å². The van der Waals surface area contributed by atoms with Crippen molar-refractivity contribution in [2.75, 3.05) is 20.7 Å². The van der Waals surface area contributed by atoms with E-state index in [9.17, 15) is 24.6 Å². The molecule has 31 heavy (non-hydrogen) atoms. The summed E-state index contributed by atoms with van der Waals surface area (Å²) in [5.41, 5.74) is -0.239. The normalized spacial score (nSPS) is 17.3. The highest BCUT2D eigenvalue weighted by molar-refractivity contribution is 8.26. The number of hydrazine groups is 1. The lowest BCUT2D eigenvalue weighted by molar-refractivity contribution is -0.141. The summed E-state index contributed by atoms with van der Waals surface area (Å²) in [7, 11) is 2.96. The Balaban J connectivity index is 1.76. The zero-order chi connectivity index (χ0) is 22.6. The van der Waals surface area contributed by atoms with Gasteiger partial charge in [-0.05, 0) is 6.92 Å². The van der Waals surface area contributed by atoms with Crippen LogP contribution in [0.25, 0.3) is 4.85 Å². The summed E-state index contributed by atoms with van der Waals surface area (Å²) in [6.07, 6.45) is 0. The van der Waals surface area contributed by atoms with Crippen LogP contribution in [-0.2, 0) is 19.1 Å². The third kappa shape index (κ3) is 3.25. The fraction of sp³-hybridized carbons (Fsp3) is 0.222. The second kappa shape index (κ2) is 7.94. The first kappa shape index (κ1) is 21.8. The zero-order valence-electron chi connectivity index (χ0n) is 16.2. The molecule has 9 nitrogen and oxygen atoms in total. The summed E-state index contributed by atoms with van der Waals surface area (Å²) in [5, 5.41) is 24.1. The van der Waals surface area contributed by atoms with E-state index in [0.29, 0.717) is 28.1 Å². The Hall–Kier alpha value is -2.40. The highest BCUT2D eigenvalue weighted by Crippen LogP contribution is 2.68. The Morgan fingerprint density at radius 1 is 0.968 bits per heavy atom. The quantitative estimate of drug-likeness (QED) is 0.209. The number of phenols is 2. The van der Waals surface area contributed by atoms with Crippen molar-refractivity contribution in [2.24, 2.45) is 0 Å². The molecule has 2 N–H and O–H groups in total. The minimum Gasteiger partial charge on any atom is -0.505 e. The Kier molecular flexibility index (Phi) is 5.59. The Bertz CT molecular complexity index is 1120. The van der Waals surface area contributed by atoms with Gasteiger partial charge in [0.25, 0.3) is 17.5 Å². The summed E-state index contributed by atoms with van der Waals surface area (Å²) in [4.78, 5) is 41.5. The number of nitrogens with zero attached hydrogens (tertiary/aromatic N) is 3. The number of ether oxygens (including phenoxy) is 1. The van der Waals surface area contributed by atoms with E-state index in [0.717, 1.165) is 47.0 Å². The van der Waals surface area contributed by atoms with Crippen molar-refractivity contribution < 1.29 is 29.3 Å². The van der Waals surface area contributed by atoms with Crippen molar-refractivity contribution in [1.29, 1.82) is 0 Å². The number of esters is 1. The monoisotopic (exact) mass is 495 g/mol. The standard InChI is InChI=1S/C18H13N3O6S4/c1-5-27-16(26)7(19-2)18-30-12-8(22)10-11(9(23)13(12)31-18)29-17(28-10)6-14(24)20(3)21(4)15(6)25/h22-23H,5H2,1,3-4H3. The molecule has 0 saturated carbocycles. The lowest BCUT2D eigenvalue weighted by atomic mass is 10.3. The summed E-state index contributed by atoms with van der Waals surface area (Å²) >= 11 is 4.05. The van der Waals surface area contributed by atoms with Crippen molar-refractivity contribution in [2.45, 2.75) is 26.5 Å². The van der Waals surface area contributed by atoms with E-state index in [-0.39, 0.29) is 29.4 Å². The van der Waals surface area contributed by atoms with Gasteiger partial charge in [-0.1, -0.05) is 47.0 Å². The second-order valence-electron chi connectivity index (χ2n) is 6.21. The number of aromatic hydroxyl groups is 2. The van der Waals surface area contributed by atoms with Crippen LogP contribution >= 0.6 is 47.0 Å². The summed E-state index contributed by atoms with van der Waals surface area (Å²) in [6.45, 7) is 9.05. The van der Waals surface area contributed by atoms with Gasteiger partial charge in [0.15, 0.2) is 0 Å². The van der Waals surface area contributed by atoms with E-state index in [1.54, 1.807) is 6.92 Å². The largest absolute Gasteiger partial charge is 0.505 e.